The standard InChI is InChI=1S/C23H27N5O2S/c1-5-17-8-12-19(13-9-17)25-20(29)14-31-23-27-26-21(28(23)4)16(3)24-22(30)18-10-6-15(2)7-11-18/h6-13,16H,5,14H2,1-4H3,(H,24,30)(H,25,29)/t16-/m0/s1. The van der Waals surface area contributed by atoms with Gasteiger partial charge in [0.05, 0.1) is 11.8 Å². The van der Waals surface area contributed by atoms with Crippen LogP contribution in [0.3, 0.4) is 0 Å². The number of carbonyl (C=O) groups is 2. The Kier molecular flexibility index (Phi) is 7.46. The topological polar surface area (TPSA) is 88.9 Å². The molecule has 1 heterocycles. The zero-order chi connectivity index (χ0) is 22.4. The van der Waals surface area contributed by atoms with Gasteiger partial charge in [-0.25, -0.2) is 0 Å². The first kappa shape index (κ1) is 22.6. The monoisotopic (exact) mass is 437 g/mol. The average molecular weight is 438 g/mol. The van der Waals surface area contributed by atoms with Crippen LogP contribution in [0.1, 0.15) is 47.2 Å². The second-order valence-corrected chi connectivity index (χ2v) is 8.29. The second-order valence-electron chi connectivity index (χ2n) is 7.35. The fourth-order valence-corrected chi connectivity index (χ4v) is 3.75. The van der Waals surface area contributed by atoms with Gasteiger partial charge < -0.3 is 15.2 Å². The molecule has 7 nitrogen and oxygen atoms in total. The Bertz CT molecular complexity index is 1040. The highest BCUT2D eigenvalue weighted by molar-refractivity contribution is 7.99. The van der Waals surface area contributed by atoms with Gasteiger partial charge in [0.25, 0.3) is 5.91 Å². The molecule has 0 unspecified atom stereocenters. The molecule has 2 N–H and O–H groups in total. The number of anilines is 1. The van der Waals surface area contributed by atoms with Gasteiger partial charge in [0.2, 0.25) is 5.91 Å². The molecule has 0 fully saturated rings. The molecule has 0 radical (unpaired) electrons. The predicted octanol–water partition coefficient (Wildman–Crippen LogP) is 3.91. The molecule has 3 aromatic rings. The van der Waals surface area contributed by atoms with Crippen LogP contribution in [0.25, 0.3) is 0 Å². The summed E-state index contributed by atoms with van der Waals surface area (Å²) in [5, 5.41) is 14.8. The number of rotatable bonds is 8. The molecule has 1 atom stereocenters. The van der Waals surface area contributed by atoms with Gasteiger partial charge in [-0.05, 0) is 50.1 Å². The number of carbonyl (C=O) groups excluding carboxylic acids is 2. The molecule has 3 rings (SSSR count). The van der Waals surface area contributed by atoms with E-state index in [1.807, 2.05) is 57.3 Å². The van der Waals surface area contributed by atoms with Gasteiger partial charge in [0, 0.05) is 18.3 Å². The lowest BCUT2D eigenvalue weighted by molar-refractivity contribution is -0.113. The zero-order valence-corrected chi connectivity index (χ0v) is 19.0. The third kappa shape index (κ3) is 5.95. The van der Waals surface area contributed by atoms with Gasteiger partial charge in [-0.15, -0.1) is 10.2 Å². The molecule has 2 amide bonds. The summed E-state index contributed by atoms with van der Waals surface area (Å²) in [5.41, 5.74) is 3.69. The Morgan fingerprint density at radius 3 is 2.39 bits per heavy atom. The first-order chi connectivity index (χ1) is 14.9. The molecule has 0 bridgehead atoms. The van der Waals surface area contributed by atoms with E-state index in [0.717, 1.165) is 17.7 Å². The average Bonchev–Trinajstić information content (AvgIpc) is 3.13. The molecule has 0 aliphatic heterocycles. The van der Waals surface area contributed by atoms with Crippen molar-refractivity contribution >= 4 is 29.3 Å². The highest BCUT2D eigenvalue weighted by Crippen LogP contribution is 2.20. The number of benzene rings is 2. The first-order valence-corrected chi connectivity index (χ1v) is 11.1. The SMILES string of the molecule is CCc1ccc(NC(=O)CSc2nnc([C@H](C)NC(=O)c3ccc(C)cc3)n2C)cc1. The Hall–Kier alpha value is -3.13. The summed E-state index contributed by atoms with van der Waals surface area (Å²) in [5.74, 6) is 0.558. The van der Waals surface area contributed by atoms with Crippen molar-refractivity contribution < 1.29 is 9.59 Å². The predicted molar refractivity (Wildman–Crippen MR) is 123 cm³/mol. The first-order valence-electron chi connectivity index (χ1n) is 10.2. The van der Waals surface area contributed by atoms with Crippen LogP contribution in [0.15, 0.2) is 53.7 Å². The lowest BCUT2D eigenvalue weighted by Gasteiger charge is -2.13. The Morgan fingerprint density at radius 1 is 1.06 bits per heavy atom. The van der Waals surface area contributed by atoms with Gasteiger partial charge in [-0.2, -0.15) is 0 Å². The van der Waals surface area contributed by atoms with Gasteiger partial charge >= 0.3 is 0 Å². The summed E-state index contributed by atoms with van der Waals surface area (Å²) in [7, 11) is 1.83. The smallest absolute Gasteiger partial charge is 0.251 e. The Labute approximate surface area is 186 Å². The maximum Gasteiger partial charge on any atom is 0.251 e. The highest BCUT2D eigenvalue weighted by Gasteiger charge is 2.19. The maximum absolute atomic E-state index is 12.5. The summed E-state index contributed by atoms with van der Waals surface area (Å²) in [6.45, 7) is 5.93. The number of nitrogens with zero attached hydrogens (tertiary/aromatic N) is 3. The minimum atomic E-state index is -0.327. The van der Waals surface area contributed by atoms with Crippen molar-refractivity contribution in [3.8, 4) is 0 Å². The van der Waals surface area contributed by atoms with Crippen LogP contribution in [0.5, 0.6) is 0 Å². The molecule has 31 heavy (non-hydrogen) atoms. The number of hydrogen-bond donors (Lipinski definition) is 2. The van der Waals surface area contributed by atoms with Crippen molar-refractivity contribution in [2.75, 3.05) is 11.1 Å². The molecule has 1 aromatic heterocycles. The summed E-state index contributed by atoms with van der Waals surface area (Å²) in [6, 6.07) is 14.9. The van der Waals surface area contributed by atoms with Crippen LogP contribution in [0.4, 0.5) is 5.69 Å². The van der Waals surface area contributed by atoms with Crippen molar-refractivity contribution in [1.82, 2.24) is 20.1 Å². The Morgan fingerprint density at radius 2 is 1.74 bits per heavy atom. The minimum absolute atomic E-state index is 0.112. The van der Waals surface area contributed by atoms with Crippen LogP contribution >= 0.6 is 11.8 Å². The third-order valence-electron chi connectivity index (χ3n) is 4.90. The molecule has 0 saturated carbocycles. The van der Waals surface area contributed by atoms with Crippen LogP contribution in [-0.4, -0.2) is 32.3 Å². The van der Waals surface area contributed by atoms with Crippen molar-refractivity contribution in [2.24, 2.45) is 7.05 Å². The fraction of sp³-hybridized carbons (Fsp3) is 0.304. The zero-order valence-electron chi connectivity index (χ0n) is 18.2. The van der Waals surface area contributed by atoms with E-state index in [4.69, 9.17) is 0 Å². The van der Waals surface area contributed by atoms with Crippen LogP contribution in [0, 0.1) is 6.92 Å². The van der Waals surface area contributed by atoms with E-state index < -0.39 is 0 Å². The van der Waals surface area contributed by atoms with E-state index in [0.29, 0.717) is 16.5 Å². The fourth-order valence-electron chi connectivity index (χ4n) is 3.03. The molecule has 0 aliphatic carbocycles. The molecule has 0 spiro atoms. The van der Waals surface area contributed by atoms with Crippen molar-refractivity contribution in [3.05, 3.63) is 71.0 Å². The number of amides is 2. The summed E-state index contributed by atoms with van der Waals surface area (Å²) in [6.07, 6.45) is 0.961. The highest BCUT2D eigenvalue weighted by atomic mass is 32.2. The number of nitrogens with one attached hydrogen (secondary N) is 2. The van der Waals surface area contributed by atoms with Crippen LogP contribution in [-0.2, 0) is 18.3 Å². The van der Waals surface area contributed by atoms with Crippen LogP contribution in [0.2, 0.25) is 0 Å². The van der Waals surface area contributed by atoms with Gasteiger partial charge in [0.1, 0.15) is 0 Å². The lowest BCUT2D eigenvalue weighted by Crippen LogP contribution is -2.28. The van der Waals surface area contributed by atoms with Gasteiger partial charge in [-0.3, -0.25) is 9.59 Å². The van der Waals surface area contributed by atoms with E-state index in [1.165, 1.54) is 17.3 Å². The van der Waals surface area contributed by atoms with E-state index in [2.05, 4.69) is 27.8 Å². The third-order valence-corrected chi connectivity index (χ3v) is 5.92. The molecule has 8 heteroatoms. The number of aryl methyl sites for hydroxylation is 2. The van der Waals surface area contributed by atoms with Crippen molar-refractivity contribution in [1.29, 1.82) is 0 Å². The number of aromatic nitrogens is 3. The van der Waals surface area contributed by atoms with Gasteiger partial charge in [-0.1, -0.05) is 48.5 Å². The van der Waals surface area contributed by atoms with E-state index in [-0.39, 0.29) is 23.6 Å². The largest absolute Gasteiger partial charge is 0.342 e. The molecule has 0 aliphatic rings. The summed E-state index contributed by atoms with van der Waals surface area (Å²) in [4.78, 5) is 24.7. The number of thioether (sulfide) groups is 1. The van der Waals surface area contributed by atoms with E-state index in [9.17, 15) is 9.59 Å². The number of hydrogen-bond acceptors (Lipinski definition) is 5. The normalized spacial score (nSPS) is 11.7. The minimum Gasteiger partial charge on any atom is -0.342 e. The summed E-state index contributed by atoms with van der Waals surface area (Å²) >= 11 is 1.30. The molecular formula is C23H27N5O2S. The lowest BCUT2D eigenvalue weighted by atomic mass is 10.1. The summed E-state index contributed by atoms with van der Waals surface area (Å²) < 4.78 is 1.80. The molecule has 2 aromatic carbocycles. The maximum atomic E-state index is 12.5. The molecule has 0 saturated heterocycles. The van der Waals surface area contributed by atoms with Gasteiger partial charge in [0.15, 0.2) is 11.0 Å². The Balaban J connectivity index is 1.55. The van der Waals surface area contributed by atoms with E-state index in [1.54, 1.807) is 16.7 Å². The second kappa shape index (κ2) is 10.3. The molecule has 162 valence electrons. The quantitative estimate of drug-likeness (QED) is 0.522. The van der Waals surface area contributed by atoms with Crippen molar-refractivity contribution in [2.45, 2.75) is 38.4 Å². The van der Waals surface area contributed by atoms with E-state index >= 15 is 0 Å². The molecular weight excluding hydrogens is 410 g/mol. The van der Waals surface area contributed by atoms with Crippen molar-refractivity contribution in [3.63, 3.8) is 0 Å². The van der Waals surface area contributed by atoms with Crippen LogP contribution < -0.4 is 10.6 Å².